The number of rotatable bonds is 3. The zero-order valence-corrected chi connectivity index (χ0v) is 15.7. The summed E-state index contributed by atoms with van der Waals surface area (Å²) in [5.74, 6) is 0.270. The van der Waals surface area contributed by atoms with Crippen molar-refractivity contribution in [1.29, 1.82) is 0 Å². The average Bonchev–Trinajstić information content (AvgIpc) is 2.35. The molecule has 1 unspecified atom stereocenters. The normalized spacial score (nSPS) is 13.9. The summed E-state index contributed by atoms with van der Waals surface area (Å²) < 4.78 is 20.6. The first-order chi connectivity index (χ1) is 10.4. The highest BCUT2D eigenvalue weighted by molar-refractivity contribution is 7.85. The van der Waals surface area contributed by atoms with Gasteiger partial charge in [0.2, 0.25) is 0 Å². The molecule has 1 aromatic rings. The van der Waals surface area contributed by atoms with Gasteiger partial charge < -0.3 is 4.74 Å². The SMILES string of the molecule is CC(C)(C)OC(=O)Nc1ccc(Cl)c(C=NS(=O)C(C)(C)C)n1. The van der Waals surface area contributed by atoms with Gasteiger partial charge in [-0.1, -0.05) is 11.6 Å². The second kappa shape index (κ2) is 7.40. The van der Waals surface area contributed by atoms with Crippen molar-refractivity contribution >= 4 is 40.7 Å². The Balaban J connectivity index is 2.90. The van der Waals surface area contributed by atoms with Gasteiger partial charge in [0.15, 0.2) is 0 Å². The molecule has 1 amide bonds. The number of hydrogen-bond donors (Lipinski definition) is 1. The molecule has 8 heteroatoms. The molecule has 0 aliphatic rings. The first-order valence-electron chi connectivity index (χ1n) is 7.01. The Kier molecular flexibility index (Phi) is 6.30. The van der Waals surface area contributed by atoms with Crippen LogP contribution in [-0.2, 0) is 15.7 Å². The quantitative estimate of drug-likeness (QED) is 0.828. The summed E-state index contributed by atoms with van der Waals surface area (Å²) in [4.78, 5) is 15.9. The van der Waals surface area contributed by atoms with E-state index in [9.17, 15) is 9.00 Å². The average molecular weight is 360 g/mol. The molecule has 1 atom stereocenters. The summed E-state index contributed by atoms with van der Waals surface area (Å²) in [5, 5.41) is 2.86. The van der Waals surface area contributed by atoms with Crippen LogP contribution in [0.1, 0.15) is 47.2 Å². The van der Waals surface area contributed by atoms with Gasteiger partial charge in [-0.25, -0.2) is 14.0 Å². The smallest absolute Gasteiger partial charge is 0.413 e. The van der Waals surface area contributed by atoms with Gasteiger partial charge >= 0.3 is 6.09 Å². The summed E-state index contributed by atoms with van der Waals surface area (Å²) in [6, 6.07) is 3.12. The minimum absolute atomic E-state index is 0.270. The summed E-state index contributed by atoms with van der Waals surface area (Å²) in [6.07, 6.45) is 0.720. The lowest BCUT2D eigenvalue weighted by molar-refractivity contribution is 0.0635. The van der Waals surface area contributed by atoms with E-state index in [1.165, 1.54) is 6.21 Å². The van der Waals surface area contributed by atoms with Crippen molar-refractivity contribution in [2.24, 2.45) is 4.40 Å². The molecule has 1 N–H and O–H groups in total. The van der Waals surface area contributed by atoms with Crippen LogP contribution in [0.3, 0.4) is 0 Å². The maximum absolute atomic E-state index is 11.9. The predicted molar refractivity (Wildman–Crippen MR) is 94.6 cm³/mol. The maximum atomic E-state index is 11.9. The molecule has 0 spiro atoms. The van der Waals surface area contributed by atoms with E-state index in [1.54, 1.807) is 32.9 Å². The van der Waals surface area contributed by atoms with Gasteiger partial charge in [-0.15, -0.1) is 0 Å². The molecular formula is C15H22ClN3O3S. The minimum Gasteiger partial charge on any atom is -0.444 e. The highest BCUT2D eigenvalue weighted by Gasteiger charge is 2.19. The lowest BCUT2D eigenvalue weighted by Crippen LogP contribution is -2.27. The number of amides is 1. The second-order valence-corrected chi connectivity index (χ2v) is 9.13. The Labute approximate surface area is 144 Å². The van der Waals surface area contributed by atoms with Crippen LogP contribution in [-0.4, -0.2) is 31.8 Å². The third kappa shape index (κ3) is 7.09. The summed E-state index contributed by atoms with van der Waals surface area (Å²) in [6.45, 7) is 10.7. The first-order valence-corrected chi connectivity index (χ1v) is 8.49. The fourth-order valence-electron chi connectivity index (χ4n) is 1.28. The number of ether oxygens (including phenoxy) is 1. The van der Waals surface area contributed by atoms with Crippen LogP contribution in [0, 0.1) is 0 Å². The standard InChI is InChI=1S/C15H22ClN3O3S/c1-14(2,3)22-13(20)19-12-8-7-10(16)11(18-12)9-17-23(21)15(4,5)6/h7-9H,1-6H3,(H,18,19,20). The number of carbonyl (C=O) groups excluding carboxylic acids is 1. The zero-order chi connectivity index (χ0) is 17.8. The lowest BCUT2D eigenvalue weighted by atomic mass is 10.2. The Morgan fingerprint density at radius 3 is 2.43 bits per heavy atom. The van der Waals surface area contributed by atoms with E-state index in [4.69, 9.17) is 16.3 Å². The highest BCUT2D eigenvalue weighted by Crippen LogP contribution is 2.18. The Morgan fingerprint density at radius 1 is 1.30 bits per heavy atom. The number of nitrogens with one attached hydrogen (secondary N) is 1. The van der Waals surface area contributed by atoms with Gasteiger partial charge in [-0.3, -0.25) is 5.32 Å². The lowest BCUT2D eigenvalue weighted by Gasteiger charge is -2.19. The molecule has 0 aromatic carbocycles. The monoisotopic (exact) mass is 359 g/mol. The minimum atomic E-state index is -1.42. The number of hydrogen-bond acceptors (Lipinski definition) is 4. The third-order valence-electron chi connectivity index (χ3n) is 2.30. The van der Waals surface area contributed by atoms with Crippen LogP contribution in [0.4, 0.5) is 10.6 Å². The van der Waals surface area contributed by atoms with Crippen molar-refractivity contribution in [3.8, 4) is 0 Å². The van der Waals surface area contributed by atoms with Crippen molar-refractivity contribution in [3.63, 3.8) is 0 Å². The van der Waals surface area contributed by atoms with E-state index in [-0.39, 0.29) is 5.82 Å². The molecule has 128 valence electrons. The fourth-order valence-corrected chi connectivity index (χ4v) is 1.95. The Hall–Kier alpha value is -1.47. The number of carbonyl (C=O) groups is 1. The van der Waals surface area contributed by atoms with E-state index in [1.807, 2.05) is 20.8 Å². The number of anilines is 1. The zero-order valence-electron chi connectivity index (χ0n) is 14.1. The molecule has 0 saturated carbocycles. The summed E-state index contributed by atoms with van der Waals surface area (Å²) >= 11 is 6.04. The van der Waals surface area contributed by atoms with E-state index >= 15 is 0 Å². The van der Waals surface area contributed by atoms with E-state index in [2.05, 4.69) is 14.7 Å². The second-order valence-electron chi connectivity index (χ2n) is 6.79. The molecular weight excluding hydrogens is 338 g/mol. The van der Waals surface area contributed by atoms with Crippen molar-refractivity contribution in [3.05, 3.63) is 22.8 Å². The molecule has 0 radical (unpaired) electrons. The van der Waals surface area contributed by atoms with Gasteiger partial charge in [0.25, 0.3) is 0 Å². The Bertz CT molecular complexity index is 634. The van der Waals surface area contributed by atoms with E-state index in [0.717, 1.165) is 0 Å². The van der Waals surface area contributed by atoms with E-state index < -0.39 is 27.4 Å². The van der Waals surface area contributed by atoms with Crippen molar-refractivity contribution in [2.45, 2.75) is 51.9 Å². The van der Waals surface area contributed by atoms with Gasteiger partial charge in [-0.2, -0.15) is 4.40 Å². The number of aromatic nitrogens is 1. The molecule has 1 heterocycles. The van der Waals surface area contributed by atoms with Gasteiger partial charge in [0.1, 0.15) is 28.1 Å². The fraction of sp³-hybridized carbons (Fsp3) is 0.533. The molecule has 0 saturated heterocycles. The maximum Gasteiger partial charge on any atom is 0.413 e. The molecule has 0 aliphatic carbocycles. The van der Waals surface area contributed by atoms with Crippen molar-refractivity contribution in [1.82, 2.24) is 4.98 Å². The molecule has 1 rings (SSSR count). The summed E-state index contributed by atoms with van der Waals surface area (Å²) in [5.41, 5.74) is -0.289. The van der Waals surface area contributed by atoms with Crippen LogP contribution in [0.2, 0.25) is 5.02 Å². The van der Waals surface area contributed by atoms with Crippen LogP contribution >= 0.6 is 11.6 Å². The van der Waals surface area contributed by atoms with Crippen LogP contribution < -0.4 is 5.32 Å². The van der Waals surface area contributed by atoms with Gasteiger partial charge in [0.05, 0.1) is 16.0 Å². The van der Waals surface area contributed by atoms with Crippen LogP contribution in [0.15, 0.2) is 16.5 Å². The molecule has 0 aliphatic heterocycles. The number of halogens is 1. The third-order valence-corrected chi connectivity index (χ3v) is 3.96. The summed E-state index contributed by atoms with van der Waals surface area (Å²) in [7, 11) is -1.42. The Morgan fingerprint density at radius 2 is 1.91 bits per heavy atom. The predicted octanol–water partition coefficient (Wildman–Crippen LogP) is 3.96. The highest BCUT2D eigenvalue weighted by atomic mass is 35.5. The first kappa shape index (κ1) is 19.6. The van der Waals surface area contributed by atoms with E-state index in [0.29, 0.717) is 10.7 Å². The number of pyridine rings is 1. The van der Waals surface area contributed by atoms with Crippen molar-refractivity contribution < 1.29 is 13.7 Å². The topological polar surface area (TPSA) is 80.6 Å². The van der Waals surface area contributed by atoms with Gasteiger partial charge in [0, 0.05) is 0 Å². The molecule has 23 heavy (non-hydrogen) atoms. The van der Waals surface area contributed by atoms with Crippen LogP contribution in [0.25, 0.3) is 0 Å². The van der Waals surface area contributed by atoms with Crippen LogP contribution in [0.5, 0.6) is 0 Å². The van der Waals surface area contributed by atoms with Crippen molar-refractivity contribution in [2.75, 3.05) is 5.32 Å². The molecule has 6 nitrogen and oxygen atoms in total. The molecule has 0 fully saturated rings. The molecule has 0 bridgehead atoms. The largest absolute Gasteiger partial charge is 0.444 e. The number of nitrogens with zero attached hydrogens (tertiary/aromatic N) is 2. The van der Waals surface area contributed by atoms with Gasteiger partial charge in [-0.05, 0) is 53.7 Å². The molecule has 1 aromatic heterocycles.